The first kappa shape index (κ1) is 17.7. The Hall–Kier alpha value is -3.68. The number of amides is 2. The van der Waals surface area contributed by atoms with Crippen molar-refractivity contribution in [3.8, 4) is 0 Å². The molecule has 3 heterocycles. The van der Waals surface area contributed by atoms with Crippen molar-refractivity contribution in [2.45, 2.75) is 13.5 Å². The second-order valence-corrected chi connectivity index (χ2v) is 6.70. The van der Waals surface area contributed by atoms with Crippen molar-refractivity contribution < 1.29 is 9.59 Å². The zero-order chi connectivity index (χ0) is 19.7. The number of nitrogens with zero attached hydrogens (tertiary/aromatic N) is 4. The molecule has 3 aromatic rings. The second kappa shape index (κ2) is 7.15. The Kier molecular flexibility index (Phi) is 4.52. The van der Waals surface area contributed by atoms with Crippen molar-refractivity contribution in [3.05, 3.63) is 65.5 Å². The summed E-state index contributed by atoms with van der Waals surface area (Å²) in [6, 6.07) is 14.7. The molecule has 4 rings (SSSR count). The summed E-state index contributed by atoms with van der Waals surface area (Å²) in [6.45, 7) is 2.26. The predicted octanol–water partition coefficient (Wildman–Crippen LogP) is 2.46. The Morgan fingerprint density at radius 2 is 1.96 bits per heavy atom. The fourth-order valence-corrected chi connectivity index (χ4v) is 3.18. The minimum atomic E-state index is -0.247. The Morgan fingerprint density at radius 1 is 1.18 bits per heavy atom. The number of fused-ring (bicyclic) bond motifs is 1. The van der Waals surface area contributed by atoms with Crippen LogP contribution in [-0.2, 0) is 18.4 Å². The number of anilines is 3. The van der Waals surface area contributed by atoms with Gasteiger partial charge >= 0.3 is 0 Å². The van der Waals surface area contributed by atoms with Gasteiger partial charge in [0.1, 0.15) is 23.9 Å². The van der Waals surface area contributed by atoms with Crippen LogP contribution in [0.25, 0.3) is 0 Å². The fourth-order valence-electron chi connectivity index (χ4n) is 3.18. The third-order valence-electron chi connectivity index (χ3n) is 4.48. The molecule has 0 saturated carbocycles. The summed E-state index contributed by atoms with van der Waals surface area (Å²) < 4.78 is 1.71. The molecular formula is C20H20N6O2. The first-order valence-corrected chi connectivity index (χ1v) is 8.91. The SMILES string of the molecule is Cc1cc(Nc2ccc3c(n2)C(=O)N(CC(=O)Nc2ccccc2)C3)n(C)n1. The number of nitrogens with one attached hydrogen (secondary N) is 2. The molecule has 0 spiro atoms. The summed E-state index contributed by atoms with van der Waals surface area (Å²) in [4.78, 5) is 30.9. The molecule has 8 nitrogen and oxygen atoms in total. The number of carbonyl (C=O) groups excluding carboxylic acids is 2. The van der Waals surface area contributed by atoms with Gasteiger partial charge in [-0.1, -0.05) is 24.3 Å². The van der Waals surface area contributed by atoms with Crippen LogP contribution in [0.15, 0.2) is 48.5 Å². The van der Waals surface area contributed by atoms with E-state index in [0.29, 0.717) is 23.7 Å². The van der Waals surface area contributed by atoms with Crippen LogP contribution in [0.3, 0.4) is 0 Å². The molecule has 2 aromatic heterocycles. The lowest BCUT2D eigenvalue weighted by atomic mass is 10.2. The van der Waals surface area contributed by atoms with E-state index in [4.69, 9.17) is 0 Å². The van der Waals surface area contributed by atoms with Gasteiger partial charge < -0.3 is 15.5 Å². The monoisotopic (exact) mass is 376 g/mol. The van der Waals surface area contributed by atoms with Crippen LogP contribution in [0, 0.1) is 6.92 Å². The van der Waals surface area contributed by atoms with E-state index in [0.717, 1.165) is 17.1 Å². The molecule has 0 aliphatic carbocycles. The van der Waals surface area contributed by atoms with E-state index in [-0.39, 0.29) is 18.4 Å². The zero-order valence-electron chi connectivity index (χ0n) is 15.6. The Morgan fingerprint density at radius 3 is 2.68 bits per heavy atom. The van der Waals surface area contributed by atoms with Gasteiger partial charge in [0.2, 0.25) is 5.91 Å². The number of pyridine rings is 1. The van der Waals surface area contributed by atoms with Crippen molar-refractivity contribution in [3.63, 3.8) is 0 Å². The minimum absolute atomic E-state index is 0.0201. The van der Waals surface area contributed by atoms with Crippen LogP contribution in [-0.4, -0.2) is 38.0 Å². The van der Waals surface area contributed by atoms with Gasteiger partial charge in [0.15, 0.2) is 0 Å². The van der Waals surface area contributed by atoms with Crippen molar-refractivity contribution in [1.29, 1.82) is 0 Å². The number of para-hydroxylation sites is 1. The molecule has 2 N–H and O–H groups in total. The molecule has 0 bridgehead atoms. The lowest BCUT2D eigenvalue weighted by Crippen LogP contribution is -2.33. The van der Waals surface area contributed by atoms with Gasteiger partial charge in [0.05, 0.1) is 5.69 Å². The highest BCUT2D eigenvalue weighted by Gasteiger charge is 2.30. The summed E-state index contributed by atoms with van der Waals surface area (Å²) in [5.74, 6) is 0.860. The van der Waals surface area contributed by atoms with Gasteiger partial charge in [-0.2, -0.15) is 5.10 Å². The highest BCUT2D eigenvalue weighted by molar-refractivity contribution is 6.01. The van der Waals surface area contributed by atoms with Crippen molar-refractivity contribution in [1.82, 2.24) is 19.7 Å². The van der Waals surface area contributed by atoms with Crippen LogP contribution in [0.4, 0.5) is 17.3 Å². The van der Waals surface area contributed by atoms with Gasteiger partial charge in [-0.15, -0.1) is 0 Å². The maximum Gasteiger partial charge on any atom is 0.273 e. The number of benzene rings is 1. The molecule has 1 aromatic carbocycles. The van der Waals surface area contributed by atoms with E-state index in [1.54, 1.807) is 16.8 Å². The molecule has 8 heteroatoms. The topological polar surface area (TPSA) is 92.1 Å². The normalized spacial score (nSPS) is 12.8. The summed E-state index contributed by atoms with van der Waals surface area (Å²) in [5.41, 5.74) is 2.77. The Bertz CT molecular complexity index is 1040. The van der Waals surface area contributed by atoms with Crippen LogP contribution >= 0.6 is 0 Å². The van der Waals surface area contributed by atoms with Crippen LogP contribution in [0.1, 0.15) is 21.7 Å². The number of carbonyl (C=O) groups is 2. The van der Waals surface area contributed by atoms with Gasteiger partial charge in [-0.25, -0.2) is 4.98 Å². The standard InChI is InChI=1S/C20H20N6O2/c1-13-10-17(25(2)24-13)22-16-9-8-14-11-26(20(28)19(14)23-16)12-18(27)21-15-6-4-3-5-7-15/h3-10H,11-12H2,1-2H3,(H,21,27)(H,22,23). The molecule has 0 saturated heterocycles. The Labute approximate surface area is 162 Å². The third kappa shape index (κ3) is 3.57. The molecule has 1 aliphatic heterocycles. The quantitative estimate of drug-likeness (QED) is 0.714. The molecule has 142 valence electrons. The first-order chi connectivity index (χ1) is 13.5. The largest absolute Gasteiger partial charge is 0.325 e. The minimum Gasteiger partial charge on any atom is -0.325 e. The van der Waals surface area contributed by atoms with E-state index in [1.165, 1.54) is 4.90 Å². The molecule has 0 radical (unpaired) electrons. The van der Waals surface area contributed by atoms with Gasteiger partial charge in [-0.3, -0.25) is 14.3 Å². The zero-order valence-corrected chi connectivity index (χ0v) is 15.6. The predicted molar refractivity (Wildman–Crippen MR) is 105 cm³/mol. The van der Waals surface area contributed by atoms with Crippen molar-refractivity contribution in [2.75, 3.05) is 17.2 Å². The van der Waals surface area contributed by atoms with Gasteiger partial charge in [0.25, 0.3) is 5.91 Å². The number of hydrogen-bond donors (Lipinski definition) is 2. The maximum atomic E-state index is 12.7. The van der Waals surface area contributed by atoms with Crippen LogP contribution in [0.2, 0.25) is 0 Å². The Balaban J connectivity index is 1.45. The molecule has 2 amide bonds. The number of aromatic nitrogens is 3. The number of aryl methyl sites for hydroxylation is 2. The average molecular weight is 376 g/mol. The highest BCUT2D eigenvalue weighted by atomic mass is 16.2. The molecule has 1 aliphatic rings. The first-order valence-electron chi connectivity index (χ1n) is 8.91. The smallest absolute Gasteiger partial charge is 0.273 e. The third-order valence-corrected chi connectivity index (χ3v) is 4.48. The maximum absolute atomic E-state index is 12.7. The van der Waals surface area contributed by atoms with Crippen molar-refractivity contribution >= 4 is 29.1 Å². The van der Waals surface area contributed by atoms with E-state index in [9.17, 15) is 9.59 Å². The molecule has 0 atom stereocenters. The summed E-state index contributed by atoms with van der Waals surface area (Å²) >= 11 is 0. The second-order valence-electron chi connectivity index (χ2n) is 6.70. The van der Waals surface area contributed by atoms with Crippen LogP contribution < -0.4 is 10.6 Å². The van der Waals surface area contributed by atoms with E-state index in [1.807, 2.05) is 50.4 Å². The molecule has 28 heavy (non-hydrogen) atoms. The molecule has 0 unspecified atom stereocenters. The summed E-state index contributed by atoms with van der Waals surface area (Å²) in [7, 11) is 1.83. The van der Waals surface area contributed by atoms with Crippen molar-refractivity contribution in [2.24, 2.45) is 7.05 Å². The fraction of sp³-hybridized carbons (Fsp3) is 0.200. The molecular weight excluding hydrogens is 356 g/mol. The lowest BCUT2D eigenvalue weighted by molar-refractivity contribution is -0.116. The van der Waals surface area contributed by atoms with Gasteiger partial charge in [0, 0.05) is 30.9 Å². The molecule has 0 fully saturated rings. The van der Waals surface area contributed by atoms with E-state index < -0.39 is 0 Å². The number of rotatable bonds is 5. The summed E-state index contributed by atoms with van der Waals surface area (Å²) in [5, 5.41) is 10.2. The van der Waals surface area contributed by atoms with Crippen LogP contribution in [0.5, 0.6) is 0 Å². The highest BCUT2D eigenvalue weighted by Crippen LogP contribution is 2.24. The lowest BCUT2D eigenvalue weighted by Gasteiger charge is -2.14. The summed E-state index contributed by atoms with van der Waals surface area (Å²) in [6.07, 6.45) is 0. The number of hydrogen-bond acceptors (Lipinski definition) is 5. The average Bonchev–Trinajstić information content (AvgIpc) is 3.14. The van der Waals surface area contributed by atoms with E-state index >= 15 is 0 Å². The van der Waals surface area contributed by atoms with Gasteiger partial charge in [-0.05, 0) is 25.1 Å². The van der Waals surface area contributed by atoms with E-state index in [2.05, 4.69) is 20.7 Å².